The van der Waals surface area contributed by atoms with Gasteiger partial charge in [-0.05, 0) is 30.3 Å². The average Bonchev–Trinajstić information content (AvgIpc) is 3.61. The van der Waals surface area contributed by atoms with Gasteiger partial charge < -0.3 is 19.8 Å². The van der Waals surface area contributed by atoms with E-state index in [9.17, 15) is 14.4 Å². The van der Waals surface area contributed by atoms with Gasteiger partial charge in [0.25, 0.3) is 11.5 Å². The Balaban J connectivity index is 1.45. The summed E-state index contributed by atoms with van der Waals surface area (Å²) >= 11 is 7.79. The van der Waals surface area contributed by atoms with E-state index in [4.69, 9.17) is 26.1 Å². The number of esters is 1. The molecule has 0 unspecified atom stereocenters. The highest BCUT2D eigenvalue weighted by atomic mass is 35.5. The lowest BCUT2D eigenvalue weighted by Crippen LogP contribution is -2.28. The van der Waals surface area contributed by atoms with Gasteiger partial charge in [0.05, 0.1) is 40.8 Å². The standard InChI is InChI=1S/C26H20ClN7O5S/c1-38-17-6-5-13(32-24(36)18-7-8-20(35)39-18)9-16(17)34-19(33-15-4-2-3-14(27)21(15)26(34)37)10-40-25-22-23(29-11-28-22)30-12-31-25/h2-6,9,11-12,18H,7-8,10H2,1H3,(H,32,36)(H,28,29,30,31)/t18-/m0/s1. The van der Waals surface area contributed by atoms with Gasteiger partial charge in [0, 0.05) is 18.5 Å². The van der Waals surface area contributed by atoms with Crippen LogP contribution in [0.4, 0.5) is 5.69 Å². The minimum absolute atomic E-state index is 0.184. The number of rotatable bonds is 7. The minimum Gasteiger partial charge on any atom is -0.495 e. The number of cyclic esters (lactones) is 1. The van der Waals surface area contributed by atoms with Gasteiger partial charge in [-0.1, -0.05) is 29.4 Å². The summed E-state index contributed by atoms with van der Waals surface area (Å²) in [7, 11) is 1.48. The maximum atomic E-state index is 14.0. The third-order valence-electron chi connectivity index (χ3n) is 6.31. The number of amides is 1. The summed E-state index contributed by atoms with van der Waals surface area (Å²) in [4.78, 5) is 58.7. The third kappa shape index (κ3) is 4.73. The van der Waals surface area contributed by atoms with Crippen LogP contribution in [0, 0.1) is 0 Å². The molecule has 14 heteroatoms. The fourth-order valence-corrected chi connectivity index (χ4v) is 5.57. The molecule has 1 saturated heterocycles. The first-order valence-corrected chi connectivity index (χ1v) is 13.4. The van der Waals surface area contributed by atoms with Gasteiger partial charge in [-0.3, -0.25) is 19.0 Å². The van der Waals surface area contributed by atoms with Crippen LogP contribution in [-0.4, -0.2) is 54.6 Å². The van der Waals surface area contributed by atoms with Crippen LogP contribution < -0.4 is 15.6 Å². The molecule has 0 bridgehead atoms. The van der Waals surface area contributed by atoms with Crippen molar-refractivity contribution in [3.05, 3.63) is 70.3 Å². The number of aromatic amines is 1. The number of hydrogen-bond acceptors (Lipinski definition) is 10. The van der Waals surface area contributed by atoms with Gasteiger partial charge in [-0.2, -0.15) is 0 Å². The molecular formula is C26H20ClN7O5S. The van der Waals surface area contributed by atoms with Gasteiger partial charge in [-0.15, -0.1) is 0 Å². The number of nitrogens with zero attached hydrogens (tertiary/aromatic N) is 5. The summed E-state index contributed by atoms with van der Waals surface area (Å²) in [5.74, 6) is 0.115. The van der Waals surface area contributed by atoms with Crippen LogP contribution in [0.3, 0.4) is 0 Å². The van der Waals surface area contributed by atoms with Crippen molar-refractivity contribution in [2.75, 3.05) is 12.4 Å². The first-order valence-electron chi connectivity index (χ1n) is 12.1. The Morgan fingerprint density at radius 3 is 2.92 bits per heavy atom. The molecule has 1 aliphatic rings. The van der Waals surface area contributed by atoms with Gasteiger partial charge in [0.15, 0.2) is 11.8 Å². The number of halogens is 1. The van der Waals surface area contributed by atoms with E-state index in [1.807, 2.05) is 0 Å². The van der Waals surface area contributed by atoms with E-state index in [0.29, 0.717) is 51.1 Å². The molecule has 3 aromatic heterocycles. The Labute approximate surface area is 235 Å². The molecule has 1 amide bonds. The second kappa shape index (κ2) is 10.6. The van der Waals surface area contributed by atoms with E-state index in [2.05, 4.69) is 25.3 Å². The SMILES string of the molecule is COc1ccc(NC(=O)[C@@H]2CCC(=O)O2)cc1-n1c(CSc2ncnc3nc[nH]c23)nc2cccc(Cl)c2c1=O. The number of fused-ring (bicyclic) bond motifs is 2. The molecule has 1 atom stereocenters. The predicted molar refractivity (Wildman–Crippen MR) is 148 cm³/mol. The zero-order valence-corrected chi connectivity index (χ0v) is 22.5. The highest BCUT2D eigenvalue weighted by Gasteiger charge is 2.30. The lowest BCUT2D eigenvalue weighted by atomic mass is 10.2. The van der Waals surface area contributed by atoms with Crippen LogP contribution in [0.1, 0.15) is 18.7 Å². The smallest absolute Gasteiger partial charge is 0.306 e. The summed E-state index contributed by atoms with van der Waals surface area (Å²) in [6.07, 6.45) is 2.56. The van der Waals surface area contributed by atoms with Crippen LogP contribution >= 0.6 is 23.4 Å². The zero-order valence-electron chi connectivity index (χ0n) is 20.9. The molecule has 6 rings (SSSR count). The van der Waals surface area contributed by atoms with Crippen molar-refractivity contribution in [2.24, 2.45) is 0 Å². The number of benzene rings is 2. The maximum absolute atomic E-state index is 14.0. The number of carbonyl (C=O) groups is 2. The second-order valence-corrected chi connectivity index (χ2v) is 10.1. The minimum atomic E-state index is -0.874. The summed E-state index contributed by atoms with van der Waals surface area (Å²) in [6, 6.07) is 9.93. The number of H-pyrrole nitrogens is 1. The number of imidazole rings is 1. The Morgan fingerprint density at radius 1 is 1.25 bits per heavy atom. The van der Waals surface area contributed by atoms with Gasteiger partial charge in [0.1, 0.15) is 28.4 Å². The van der Waals surface area contributed by atoms with E-state index >= 15 is 0 Å². The summed E-state index contributed by atoms with van der Waals surface area (Å²) in [5, 5.41) is 3.89. The molecule has 1 aliphatic heterocycles. The first-order chi connectivity index (χ1) is 19.4. The van der Waals surface area contributed by atoms with E-state index in [-0.39, 0.29) is 22.6 Å². The maximum Gasteiger partial charge on any atom is 0.306 e. The number of methoxy groups -OCH3 is 1. The summed E-state index contributed by atoms with van der Waals surface area (Å²) < 4.78 is 12.1. The molecule has 2 N–H and O–H groups in total. The van der Waals surface area contributed by atoms with Crippen molar-refractivity contribution in [3.63, 3.8) is 0 Å². The molecule has 0 saturated carbocycles. The van der Waals surface area contributed by atoms with Crippen molar-refractivity contribution >= 4 is 63.0 Å². The molecule has 0 aliphatic carbocycles. The Morgan fingerprint density at radius 2 is 2.12 bits per heavy atom. The number of aromatic nitrogens is 6. The van der Waals surface area contributed by atoms with Gasteiger partial charge in [0.2, 0.25) is 0 Å². The normalized spacial score (nSPS) is 14.9. The van der Waals surface area contributed by atoms with E-state index in [1.54, 1.807) is 36.4 Å². The molecule has 0 spiro atoms. The number of ether oxygens (including phenoxy) is 2. The molecule has 12 nitrogen and oxygen atoms in total. The van der Waals surface area contributed by atoms with Gasteiger partial charge >= 0.3 is 5.97 Å². The molecule has 2 aromatic carbocycles. The predicted octanol–water partition coefficient (Wildman–Crippen LogP) is 3.65. The fourth-order valence-electron chi connectivity index (χ4n) is 4.44. The highest BCUT2D eigenvalue weighted by Crippen LogP contribution is 2.31. The highest BCUT2D eigenvalue weighted by molar-refractivity contribution is 7.98. The molecule has 5 aromatic rings. The van der Waals surface area contributed by atoms with Crippen LogP contribution in [0.5, 0.6) is 5.75 Å². The number of thioether (sulfide) groups is 1. The number of carbonyl (C=O) groups excluding carboxylic acids is 2. The molecule has 4 heterocycles. The van der Waals surface area contributed by atoms with Crippen molar-refractivity contribution in [1.29, 1.82) is 0 Å². The molecular weight excluding hydrogens is 558 g/mol. The monoisotopic (exact) mass is 577 g/mol. The topological polar surface area (TPSA) is 154 Å². The van der Waals surface area contributed by atoms with Crippen LogP contribution in [0.25, 0.3) is 27.8 Å². The average molecular weight is 578 g/mol. The third-order valence-corrected chi connectivity index (χ3v) is 7.61. The zero-order chi connectivity index (χ0) is 27.8. The van der Waals surface area contributed by atoms with Crippen molar-refractivity contribution in [1.82, 2.24) is 29.5 Å². The first kappa shape index (κ1) is 25.8. The van der Waals surface area contributed by atoms with Crippen molar-refractivity contribution in [2.45, 2.75) is 29.7 Å². The quantitative estimate of drug-likeness (QED) is 0.166. The Kier molecular flexibility index (Phi) is 6.82. The van der Waals surface area contributed by atoms with E-state index in [1.165, 1.54) is 36.1 Å². The van der Waals surface area contributed by atoms with Crippen LogP contribution in [0.2, 0.25) is 5.02 Å². The second-order valence-electron chi connectivity index (χ2n) is 8.76. The molecule has 202 valence electrons. The Hall–Kier alpha value is -4.49. The van der Waals surface area contributed by atoms with Crippen LogP contribution in [-0.2, 0) is 20.1 Å². The lowest BCUT2D eigenvalue weighted by Gasteiger charge is -2.18. The number of nitrogens with one attached hydrogen (secondary N) is 2. The van der Waals surface area contributed by atoms with Crippen molar-refractivity contribution in [3.8, 4) is 11.4 Å². The van der Waals surface area contributed by atoms with Crippen LogP contribution in [0.15, 0.2) is 58.9 Å². The van der Waals surface area contributed by atoms with Crippen molar-refractivity contribution < 1.29 is 19.1 Å². The summed E-state index contributed by atoms with van der Waals surface area (Å²) in [5.41, 5.74) is 1.93. The lowest BCUT2D eigenvalue weighted by molar-refractivity contribution is -0.146. The number of hydrogen-bond donors (Lipinski definition) is 2. The van der Waals surface area contributed by atoms with E-state index < -0.39 is 23.5 Å². The van der Waals surface area contributed by atoms with E-state index in [0.717, 1.165) is 0 Å². The molecule has 1 fully saturated rings. The largest absolute Gasteiger partial charge is 0.495 e. The molecule has 40 heavy (non-hydrogen) atoms. The van der Waals surface area contributed by atoms with Gasteiger partial charge in [-0.25, -0.2) is 19.9 Å². The number of anilines is 1. The molecule has 0 radical (unpaired) electrons. The summed E-state index contributed by atoms with van der Waals surface area (Å²) in [6.45, 7) is 0. The fraction of sp³-hybridized carbons (Fsp3) is 0.192. The Bertz CT molecular complexity index is 1860.